The van der Waals surface area contributed by atoms with Crippen molar-refractivity contribution in [3.8, 4) is 5.69 Å². The number of nitrogens with zero attached hydrogens (tertiary/aromatic N) is 4. The van der Waals surface area contributed by atoms with Crippen molar-refractivity contribution in [3.63, 3.8) is 0 Å². The van der Waals surface area contributed by atoms with E-state index in [-0.39, 0.29) is 11.7 Å². The van der Waals surface area contributed by atoms with Crippen molar-refractivity contribution >= 4 is 0 Å². The molecule has 0 bridgehead atoms. The molecule has 0 saturated carbocycles. The molecular formula is C18H21F2N5. The van der Waals surface area contributed by atoms with Crippen LogP contribution in [0.25, 0.3) is 5.69 Å². The lowest BCUT2D eigenvalue weighted by Gasteiger charge is -2.14. The molecule has 2 aromatic heterocycles. The first-order chi connectivity index (χ1) is 12.1. The second-order valence-electron chi connectivity index (χ2n) is 5.99. The average Bonchev–Trinajstić information content (AvgIpc) is 3.22. The molecule has 0 unspecified atom stereocenters. The second-order valence-corrected chi connectivity index (χ2v) is 5.99. The van der Waals surface area contributed by atoms with Crippen LogP contribution in [0, 0.1) is 18.6 Å². The Kier molecular flexibility index (Phi) is 5.23. The lowest BCUT2D eigenvalue weighted by Crippen LogP contribution is -2.21. The van der Waals surface area contributed by atoms with Gasteiger partial charge in [-0.15, -0.1) is 0 Å². The predicted octanol–water partition coefficient (Wildman–Crippen LogP) is 3.40. The Morgan fingerprint density at radius 2 is 2.08 bits per heavy atom. The molecule has 1 atom stereocenters. The molecule has 0 aliphatic carbocycles. The van der Waals surface area contributed by atoms with Crippen LogP contribution in [0.2, 0.25) is 0 Å². The Bertz CT molecular complexity index is 826. The molecule has 1 N–H and O–H groups in total. The van der Waals surface area contributed by atoms with Gasteiger partial charge in [-0.25, -0.2) is 13.5 Å². The molecule has 7 heteroatoms. The van der Waals surface area contributed by atoms with Gasteiger partial charge in [0.25, 0.3) is 0 Å². The summed E-state index contributed by atoms with van der Waals surface area (Å²) in [6.45, 7) is 5.61. The predicted molar refractivity (Wildman–Crippen MR) is 91.5 cm³/mol. The van der Waals surface area contributed by atoms with Gasteiger partial charge in [-0.3, -0.25) is 4.68 Å². The molecule has 25 heavy (non-hydrogen) atoms. The molecule has 2 heterocycles. The maximum Gasteiger partial charge on any atom is 0.151 e. The zero-order valence-electron chi connectivity index (χ0n) is 14.3. The van der Waals surface area contributed by atoms with Gasteiger partial charge in [0, 0.05) is 42.3 Å². The molecule has 132 valence electrons. The van der Waals surface area contributed by atoms with Crippen LogP contribution in [0.15, 0.2) is 42.9 Å². The van der Waals surface area contributed by atoms with Crippen molar-refractivity contribution in [2.45, 2.75) is 32.9 Å². The highest BCUT2D eigenvalue weighted by atomic mass is 19.1. The highest BCUT2D eigenvalue weighted by Crippen LogP contribution is 2.22. The Morgan fingerprint density at radius 3 is 2.80 bits per heavy atom. The summed E-state index contributed by atoms with van der Waals surface area (Å²) in [5.41, 5.74) is 2.07. The van der Waals surface area contributed by atoms with Crippen molar-refractivity contribution in [1.29, 1.82) is 0 Å². The van der Waals surface area contributed by atoms with E-state index in [0.29, 0.717) is 0 Å². The number of hydrogen-bond acceptors (Lipinski definition) is 3. The van der Waals surface area contributed by atoms with Crippen molar-refractivity contribution in [3.05, 3.63) is 65.7 Å². The van der Waals surface area contributed by atoms with Gasteiger partial charge in [0.2, 0.25) is 0 Å². The number of rotatable bonds is 7. The number of hydrogen-bond donors (Lipinski definition) is 1. The van der Waals surface area contributed by atoms with E-state index in [1.807, 2.05) is 30.8 Å². The smallest absolute Gasteiger partial charge is 0.151 e. The maximum absolute atomic E-state index is 14.0. The zero-order valence-corrected chi connectivity index (χ0v) is 14.3. The van der Waals surface area contributed by atoms with E-state index < -0.39 is 11.6 Å². The highest BCUT2D eigenvalue weighted by Gasteiger charge is 2.16. The van der Waals surface area contributed by atoms with E-state index in [4.69, 9.17) is 0 Å². The van der Waals surface area contributed by atoms with Crippen LogP contribution >= 0.6 is 0 Å². The van der Waals surface area contributed by atoms with Gasteiger partial charge < -0.3 is 5.32 Å². The van der Waals surface area contributed by atoms with Crippen molar-refractivity contribution < 1.29 is 8.78 Å². The summed E-state index contributed by atoms with van der Waals surface area (Å²) < 4.78 is 30.5. The monoisotopic (exact) mass is 345 g/mol. The van der Waals surface area contributed by atoms with Crippen LogP contribution in [-0.2, 0) is 6.54 Å². The molecule has 0 saturated heterocycles. The third-order valence-corrected chi connectivity index (χ3v) is 4.23. The molecular weight excluding hydrogens is 324 g/mol. The van der Waals surface area contributed by atoms with Gasteiger partial charge in [0.1, 0.15) is 11.5 Å². The van der Waals surface area contributed by atoms with Crippen LogP contribution in [0.1, 0.15) is 30.6 Å². The molecule has 0 aliphatic heterocycles. The Hall–Kier alpha value is -2.54. The Labute approximate surface area is 145 Å². The van der Waals surface area contributed by atoms with Crippen LogP contribution in [-0.4, -0.2) is 26.1 Å². The van der Waals surface area contributed by atoms with Gasteiger partial charge in [0.15, 0.2) is 5.82 Å². The molecule has 0 aliphatic rings. The fraction of sp³-hybridized carbons (Fsp3) is 0.333. The number of benzene rings is 1. The van der Waals surface area contributed by atoms with Crippen molar-refractivity contribution in [2.75, 3.05) is 6.54 Å². The first-order valence-corrected chi connectivity index (χ1v) is 8.27. The zero-order chi connectivity index (χ0) is 17.8. The molecule has 3 aromatic rings. The lowest BCUT2D eigenvalue weighted by atomic mass is 10.1. The van der Waals surface area contributed by atoms with Crippen molar-refractivity contribution in [2.24, 2.45) is 0 Å². The summed E-state index contributed by atoms with van der Waals surface area (Å²) in [6.07, 6.45) is 6.38. The summed E-state index contributed by atoms with van der Waals surface area (Å²) >= 11 is 0. The quantitative estimate of drug-likeness (QED) is 0.668. The first-order valence-electron chi connectivity index (χ1n) is 8.27. The average molecular weight is 345 g/mol. The van der Waals surface area contributed by atoms with Crippen LogP contribution in [0.3, 0.4) is 0 Å². The van der Waals surface area contributed by atoms with Gasteiger partial charge in [-0.1, -0.05) is 0 Å². The molecule has 0 radical (unpaired) electrons. The van der Waals surface area contributed by atoms with E-state index in [0.717, 1.165) is 36.8 Å². The fourth-order valence-corrected chi connectivity index (χ4v) is 2.85. The number of aryl methyl sites for hydroxylation is 1. The Balaban J connectivity index is 1.63. The Morgan fingerprint density at radius 1 is 1.24 bits per heavy atom. The third-order valence-electron chi connectivity index (χ3n) is 4.23. The van der Waals surface area contributed by atoms with E-state index >= 15 is 0 Å². The van der Waals surface area contributed by atoms with Crippen LogP contribution in [0.5, 0.6) is 0 Å². The molecule has 5 nitrogen and oxygen atoms in total. The molecule has 0 amide bonds. The minimum Gasteiger partial charge on any atom is -0.310 e. The summed E-state index contributed by atoms with van der Waals surface area (Å²) in [7, 11) is 0. The van der Waals surface area contributed by atoms with E-state index in [1.54, 1.807) is 12.4 Å². The number of aromatic nitrogens is 4. The summed E-state index contributed by atoms with van der Waals surface area (Å²) in [4.78, 5) is 0. The maximum atomic E-state index is 14.0. The SMILES string of the molecule is Cc1c([C@@H](C)NCCCn2cccn2)cnn1-c1ccc(F)cc1F. The third kappa shape index (κ3) is 3.93. The normalized spacial score (nSPS) is 12.5. The van der Waals surface area contributed by atoms with Gasteiger partial charge in [-0.2, -0.15) is 10.2 Å². The minimum atomic E-state index is -0.627. The minimum absolute atomic E-state index is 0.0786. The molecule has 0 fully saturated rings. The summed E-state index contributed by atoms with van der Waals surface area (Å²) in [5.74, 6) is -1.23. The van der Waals surface area contributed by atoms with Crippen molar-refractivity contribution in [1.82, 2.24) is 24.9 Å². The summed E-state index contributed by atoms with van der Waals surface area (Å²) in [6, 6.07) is 5.48. The summed E-state index contributed by atoms with van der Waals surface area (Å²) in [5, 5.41) is 11.9. The van der Waals surface area contributed by atoms with Gasteiger partial charge >= 0.3 is 0 Å². The molecule has 0 spiro atoms. The van der Waals surface area contributed by atoms with E-state index in [9.17, 15) is 8.78 Å². The van der Waals surface area contributed by atoms with E-state index in [1.165, 1.54) is 16.8 Å². The second kappa shape index (κ2) is 7.57. The largest absolute Gasteiger partial charge is 0.310 e. The van der Waals surface area contributed by atoms with Gasteiger partial charge in [-0.05, 0) is 45.0 Å². The molecule has 1 aromatic carbocycles. The highest BCUT2D eigenvalue weighted by molar-refractivity contribution is 5.37. The number of halogens is 2. The van der Waals surface area contributed by atoms with E-state index in [2.05, 4.69) is 15.5 Å². The lowest BCUT2D eigenvalue weighted by molar-refractivity contribution is 0.505. The van der Waals surface area contributed by atoms with Gasteiger partial charge in [0.05, 0.1) is 6.20 Å². The fourth-order valence-electron chi connectivity index (χ4n) is 2.85. The topological polar surface area (TPSA) is 47.7 Å². The standard InChI is InChI=1S/C18H21F2N5/c1-13(21-7-3-9-24-10-4-8-22-24)16-12-23-25(14(16)2)18-6-5-15(19)11-17(18)20/h4-6,8,10-13,21H,3,7,9H2,1-2H3/t13-/m1/s1. The first kappa shape index (κ1) is 17.3. The molecule has 3 rings (SSSR count). The van der Waals surface area contributed by atoms with Crippen LogP contribution < -0.4 is 5.32 Å². The number of nitrogens with one attached hydrogen (secondary N) is 1. The van der Waals surface area contributed by atoms with Crippen LogP contribution in [0.4, 0.5) is 8.78 Å².